The Kier molecular flexibility index (Phi) is 5.15. The Morgan fingerprint density at radius 2 is 2.00 bits per heavy atom. The van der Waals surface area contributed by atoms with E-state index < -0.39 is 0 Å². The predicted octanol–water partition coefficient (Wildman–Crippen LogP) is 3.59. The normalized spacial score (nSPS) is 13.9. The van der Waals surface area contributed by atoms with E-state index in [2.05, 4.69) is 21.2 Å². The van der Waals surface area contributed by atoms with Gasteiger partial charge in [0.25, 0.3) is 5.91 Å². The van der Waals surface area contributed by atoms with Gasteiger partial charge in [0.2, 0.25) is 5.91 Å². The van der Waals surface area contributed by atoms with Crippen LogP contribution in [0.25, 0.3) is 0 Å². The summed E-state index contributed by atoms with van der Waals surface area (Å²) in [5.41, 5.74) is 1.57. The van der Waals surface area contributed by atoms with E-state index in [1.54, 1.807) is 17.0 Å². The standard InChI is InChI=1S/C18H17BrN2O3/c19-13-3-1-4-14(11-13)20-17(22)12-24-16-8-6-15(7-9-16)21-10-2-5-18(21)23/h1,3-4,6-9,11H,2,5,10,12H2,(H,20,22). The van der Waals surface area contributed by atoms with Crippen molar-refractivity contribution in [1.82, 2.24) is 0 Å². The number of hydrogen-bond donors (Lipinski definition) is 1. The molecule has 124 valence electrons. The highest BCUT2D eigenvalue weighted by atomic mass is 79.9. The first kappa shape index (κ1) is 16.5. The summed E-state index contributed by atoms with van der Waals surface area (Å²) in [5, 5.41) is 2.77. The summed E-state index contributed by atoms with van der Waals surface area (Å²) in [4.78, 5) is 25.4. The summed E-state index contributed by atoms with van der Waals surface area (Å²) in [5.74, 6) is 0.513. The molecule has 2 aromatic rings. The van der Waals surface area contributed by atoms with Crippen LogP contribution in [0.3, 0.4) is 0 Å². The number of benzene rings is 2. The highest BCUT2D eigenvalue weighted by molar-refractivity contribution is 9.10. The lowest BCUT2D eigenvalue weighted by atomic mass is 10.3. The first-order chi connectivity index (χ1) is 11.6. The van der Waals surface area contributed by atoms with Crippen molar-refractivity contribution in [3.05, 3.63) is 53.0 Å². The molecule has 6 heteroatoms. The van der Waals surface area contributed by atoms with Gasteiger partial charge in [-0.15, -0.1) is 0 Å². The number of carbonyl (C=O) groups excluding carboxylic acids is 2. The maximum atomic E-state index is 11.9. The molecule has 0 spiro atoms. The number of hydrogen-bond acceptors (Lipinski definition) is 3. The fraction of sp³-hybridized carbons (Fsp3) is 0.222. The van der Waals surface area contributed by atoms with Crippen LogP contribution >= 0.6 is 15.9 Å². The molecule has 1 heterocycles. The van der Waals surface area contributed by atoms with E-state index in [4.69, 9.17) is 4.74 Å². The molecule has 1 aliphatic rings. The molecule has 1 aliphatic heterocycles. The zero-order valence-corrected chi connectivity index (χ0v) is 14.6. The van der Waals surface area contributed by atoms with Gasteiger partial charge in [-0.25, -0.2) is 0 Å². The van der Waals surface area contributed by atoms with Crippen molar-refractivity contribution < 1.29 is 14.3 Å². The SMILES string of the molecule is O=C(COc1ccc(N2CCCC2=O)cc1)Nc1cccc(Br)c1. The first-order valence-electron chi connectivity index (χ1n) is 7.70. The van der Waals surface area contributed by atoms with E-state index in [-0.39, 0.29) is 18.4 Å². The average Bonchev–Trinajstić information content (AvgIpc) is 2.99. The molecular formula is C18H17BrN2O3. The van der Waals surface area contributed by atoms with Crippen LogP contribution in [-0.4, -0.2) is 25.0 Å². The molecule has 2 aromatic carbocycles. The van der Waals surface area contributed by atoms with Gasteiger partial charge in [-0.1, -0.05) is 22.0 Å². The summed E-state index contributed by atoms with van der Waals surface area (Å²) >= 11 is 3.36. The van der Waals surface area contributed by atoms with Crippen LogP contribution in [0.5, 0.6) is 5.75 Å². The minimum Gasteiger partial charge on any atom is -0.484 e. The summed E-state index contributed by atoms with van der Waals surface area (Å²) in [6, 6.07) is 14.6. The van der Waals surface area contributed by atoms with Gasteiger partial charge in [-0.2, -0.15) is 0 Å². The number of amides is 2. The Bertz CT molecular complexity index is 746. The number of nitrogens with one attached hydrogen (secondary N) is 1. The zero-order valence-electron chi connectivity index (χ0n) is 13.0. The third kappa shape index (κ3) is 4.14. The van der Waals surface area contributed by atoms with E-state index in [0.717, 1.165) is 23.1 Å². The van der Waals surface area contributed by atoms with Crippen LogP contribution < -0.4 is 15.0 Å². The van der Waals surface area contributed by atoms with Gasteiger partial charge in [0, 0.05) is 28.8 Å². The number of rotatable bonds is 5. The molecule has 0 saturated carbocycles. The maximum Gasteiger partial charge on any atom is 0.262 e. The summed E-state index contributed by atoms with van der Waals surface area (Å²) in [6.45, 7) is 0.683. The van der Waals surface area contributed by atoms with Crippen molar-refractivity contribution in [3.63, 3.8) is 0 Å². The number of nitrogens with zero attached hydrogens (tertiary/aromatic N) is 1. The zero-order chi connectivity index (χ0) is 16.9. The fourth-order valence-electron chi connectivity index (χ4n) is 2.56. The maximum absolute atomic E-state index is 11.9. The molecule has 0 bridgehead atoms. The Labute approximate surface area is 148 Å². The molecule has 0 atom stereocenters. The van der Waals surface area contributed by atoms with Gasteiger partial charge in [0.1, 0.15) is 5.75 Å². The molecule has 1 saturated heterocycles. The van der Waals surface area contributed by atoms with Gasteiger partial charge in [0.05, 0.1) is 0 Å². The third-order valence-corrected chi connectivity index (χ3v) is 4.19. The van der Waals surface area contributed by atoms with Crippen molar-refractivity contribution in [1.29, 1.82) is 0 Å². The molecule has 5 nitrogen and oxygen atoms in total. The minimum atomic E-state index is -0.230. The van der Waals surface area contributed by atoms with Crippen LogP contribution in [0.2, 0.25) is 0 Å². The topological polar surface area (TPSA) is 58.6 Å². The lowest BCUT2D eigenvalue weighted by Gasteiger charge is -2.16. The monoisotopic (exact) mass is 388 g/mol. The lowest BCUT2D eigenvalue weighted by molar-refractivity contribution is -0.118. The molecule has 0 aromatic heterocycles. The smallest absolute Gasteiger partial charge is 0.262 e. The van der Waals surface area contributed by atoms with Gasteiger partial charge >= 0.3 is 0 Å². The molecule has 0 unspecified atom stereocenters. The second-order valence-corrected chi connectivity index (χ2v) is 6.41. The van der Waals surface area contributed by atoms with Crippen LogP contribution in [0, 0.1) is 0 Å². The van der Waals surface area contributed by atoms with Gasteiger partial charge in [-0.05, 0) is 48.9 Å². The summed E-state index contributed by atoms with van der Waals surface area (Å²) in [6.07, 6.45) is 1.50. The van der Waals surface area contributed by atoms with Crippen LogP contribution in [0.1, 0.15) is 12.8 Å². The van der Waals surface area contributed by atoms with Crippen LogP contribution in [0.15, 0.2) is 53.0 Å². The largest absolute Gasteiger partial charge is 0.484 e. The highest BCUT2D eigenvalue weighted by Gasteiger charge is 2.21. The highest BCUT2D eigenvalue weighted by Crippen LogP contribution is 2.24. The average molecular weight is 389 g/mol. The van der Waals surface area contributed by atoms with Crippen molar-refractivity contribution in [2.45, 2.75) is 12.8 Å². The first-order valence-corrected chi connectivity index (χ1v) is 8.50. The van der Waals surface area contributed by atoms with Crippen molar-refractivity contribution in [3.8, 4) is 5.75 Å². The van der Waals surface area contributed by atoms with Crippen molar-refractivity contribution in [2.24, 2.45) is 0 Å². The predicted molar refractivity (Wildman–Crippen MR) is 96.3 cm³/mol. The Hall–Kier alpha value is -2.34. The van der Waals surface area contributed by atoms with E-state index in [0.29, 0.717) is 17.9 Å². The lowest BCUT2D eigenvalue weighted by Crippen LogP contribution is -2.23. The quantitative estimate of drug-likeness (QED) is 0.850. The molecule has 24 heavy (non-hydrogen) atoms. The number of anilines is 2. The van der Waals surface area contributed by atoms with Crippen molar-refractivity contribution >= 4 is 39.1 Å². The van der Waals surface area contributed by atoms with E-state index in [1.807, 2.05) is 36.4 Å². The molecule has 1 N–H and O–H groups in total. The molecule has 0 radical (unpaired) electrons. The van der Waals surface area contributed by atoms with Crippen LogP contribution in [-0.2, 0) is 9.59 Å². The number of halogens is 1. The number of ether oxygens (including phenoxy) is 1. The summed E-state index contributed by atoms with van der Waals surface area (Å²) in [7, 11) is 0. The van der Waals surface area contributed by atoms with Gasteiger partial charge < -0.3 is 15.0 Å². The van der Waals surface area contributed by atoms with E-state index >= 15 is 0 Å². The Balaban J connectivity index is 1.53. The molecule has 1 fully saturated rings. The second kappa shape index (κ2) is 7.49. The molecule has 3 rings (SSSR count). The minimum absolute atomic E-state index is 0.0749. The molecular weight excluding hydrogens is 372 g/mol. The Morgan fingerprint density at radius 3 is 2.67 bits per heavy atom. The van der Waals surface area contributed by atoms with Gasteiger partial charge in [0.15, 0.2) is 6.61 Å². The van der Waals surface area contributed by atoms with Crippen LogP contribution in [0.4, 0.5) is 11.4 Å². The Morgan fingerprint density at radius 1 is 1.21 bits per heavy atom. The van der Waals surface area contributed by atoms with E-state index in [9.17, 15) is 9.59 Å². The molecule has 0 aliphatic carbocycles. The summed E-state index contributed by atoms with van der Waals surface area (Å²) < 4.78 is 6.38. The van der Waals surface area contributed by atoms with E-state index in [1.165, 1.54) is 0 Å². The number of carbonyl (C=O) groups is 2. The fourth-order valence-corrected chi connectivity index (χ4v) is 2.95. The van der Waals surface area contributed by atoms with Crippen molar-refractivity contribution in [2.75, 3.05) is 23.4 Å². The third-order valence-electron chi connectivity index (χ3n) is 3.70. The second-order valence-electron chi connectivity index (χ2n) is 5.49. The molecule has 2 amide bonds. The van der Waals surface area contributed by atoms with Gasteiger partial charge in [-0.3, -0.25) is 9.59 Å².